The maximum atomic E-state index is 2.87. The summed E-state index contributed by atoms with van der Waals surface area (Å²) in [5, 5.41) is 0. The van der Waals surface area contributed by atoms with Crippen molar-refractivity contribution in [3.05, 3.63) is 0 Å². The monoisotopic (exact) mass is 222 g/mol. The Morgan fingerprint density at radius 2 is 1.94 bits per heavy atom. The van der Waals surface area contributed by atoms with Crippen molar-refractivity contribution in [3.8, 4) is 0 Å². The molecule has 2 unspecified atom stereocenters. The van der Waals surface area contributed by atoms with Crippen molar-refractivity contribution in [2.45, 2.75) is 64.1 Å². The Kier molecular flexibility index (Phi) is 2.97. The quantitative estimate of drug-likeness (QED) is 0.707. The van der Waals surface area contributed by atoms with Crippen molar-refractivity contribution in [1.82, 2.24) is 9.80 Å². The van der Waals surface area contributed by atoms with E-state index in [0.717, 1.165) is 24.0 Å². The third-order valence-electron chi connectivity index (χ3n) is 5.12. The molecule has 0 radical (unpaired) electrons. The predicted octanol–water partition coefficient (Wildman–Crippen LogP) is 2.34. The average molecular weight is 222 g/mol. The zero-order chi connectivity index (χ0) is 11.1. The second-order valence-electron chi connectivity index (χ2n) is 6.28. The van der Waals surface area contributed by atoms with Crippen LogP contribution in [-0.2, 0) is 0 Å². The molecule has 0 bridgehead atoms. The van der Waals surface area contributed by atoms with Gasteiger partial charge in [0.25, 0.3) is 0 Å². The summed E-state index contributed by atoms with van der Waals surface area (Å²) in [5.74, 6) is 0.990. The van der Waals surface area contributed by atoms with E-state index in [1.807, 2.05) is 0 Å². The molecule has 1 aliphatic carbocycles. The molecule has 2 nitrogen and oxygen atoms in total. The van der Waals surface area contributed by atoms with E-state index in [9.17, 15) is 0 Å². The van der Waals surface area contributed by atoms with E-state index < -0.39 is 0 Å². The van der Waals surface area contributed by atoms with E-state index in [1.165, 1.54) is 51.7 Å². The van der Waals surface area contributed by atoms with Gasteiger partial charge in [0.2, 0.25) is 0 Å². The van der Waals surface area contributed by atoms with E-state index in [0.29, 0.717) is 0 Å². The lowest BCUT2D eigenvalue weighted by atomic mass is 9.79. The topological polar surface area (TPSA) is 6.48 Å². The van der Waals surface area contributed by atoms with Gasteiger partial charge < -0.3 is 0 Å². The Hall–Kier alpha value is -0.0800. The van der Waals surface area contributed by atoms with Crippen molar-refractivity contribution in [1.29, 1.82) is 0 Å². The van der Waals surface area contributed by atoms with Crippen LogP contribution in [0.5, 0.6) is 0 Å². The lowest BCUT2D eigenvalue weighted by Crippen LogP contribution is -2.61. The van der Waals surface area contributed by atoms with Crippen LogP contribution in [0.1, 0.15) is 46.0 Å². The van der Waals surface area contributed by atoms with Gasteiger partial charge in [-0.25, -0.2) is 0 Å². The fourth-order valence-corrected chi connectivity index (χ4v) is 4.05. The van der Waals surface area contributed by atoms with Gasteiger partial charge in [-0.2, -0.15) is 0 Å². The first kappa shape index (κ1) is 11.0. The molecule has 2 aliphatic heterocycles. The Bertz CT molecular complexity index is 247. The van der Waals surface area contributed by atoms with Gasteiger partial charge in [0.1, 0.15) is 0 Å². The van der Waals surface area contributed by atoms with Gasteiger partial charge in [-0.15, -0.1) is 0 Å². The van der Waals surface area contributed by atoms with Crippen molar-refractivity contribution in [3.63, 3.8) is 0 Å². The van der Waals surface area contributed by atoms with Crippen molar-refractivity contribution >= 4 is 0 Å². The lowest BCUT2D eigenvalue weighted by Gasteiger charge is -2.51. The van der Waals surface area contributed by atoms with Crippen molar-refractivity contribution in [2.75, 3.05) is 19.6 Å². The van der Waals surface area contributed by atoms with Gasteiger partial charge in [-0.1, -0.05) is 13.8 Å². The molecule has 0 amide bonds. The molecule has 0 aromatic carbocycles. The zero-order valence-electron chi connectivity index (χ0n) is 10.9. The van der Waals surface area contributed by atoms with E-state index in [-0.39, 0.29) is 0 Å². The maximum Gasteiger partial charge on any atom is 0.0224 e. The molecule has 0 spiro atoms. The average Bonchev–Trinajstić information content (AvgIpc) is 2.69. The van der Waals surface area contributed by atoms with E-state index in [2.05, 4.69) is 23.6 Å². The smallest absolute Gasteiger partial charge is 0.0224 e. The van der Waals surface area contributed by atoms with Crippen LogP contribution in [0.3, 0.4) is 0 Å². The van der Waals surface area contributed by atoms with Crippen LogP contribution in [-0.4, -0.2) is 47.6 Å². The first-order valence-corrected chi connectivity index (χ1v) is 7.27. The van der Waals surface area contributed by atoms with Crippen LogP contribution in [0.2, 0.25) is 0 Å². The van der Waals surface area contributed by atoms with Crippen LogP contribution < -0.4 is 0 Å². The summed E-state index contributed by atoms with van der Waals surface area (Å²) in [6.07, 6.45) is 7.16. The minimum Gasteiger partial charge on any atom is -0.298 e. The molecule has 2 heteroatoms. The van der Waals surface area contributed by atoms with Crippen LogP contribution in [0.25, 0.3) is 0 Å². The Morgan fingerprint density at radius 3 is 2.62 bits per heavy atom. The number of fused-ring (bicyclic) bond motifs is 1. The number of hydrogen-bond donors (Lipinski definition) is 0. The van der Waals surface area contributed by atoms with Crippen molar-refractivity contribution in [2.24, 2.45) is 5.92 Å². The highest BCUT2D eigenvalue weighted by atomic mass is 15.3. The summed E-state index contributed by atoms with van der Waals surface area (Å²) in [6, 6.07) is 2.69. The van der Waals surface area contributed by atoms with Crippen LogP contribution >= 0.6 is 0 Å². The minimum absolute atomic E-state index is 0.854. The molecule has 16 heavy (non-hydrogen) atoms. The van der Waals surface area contributed by atoms with Gasteiger partial charge in [0.05, 0.1) is 0 Å². The second kappa shape index (κ2) is 4.30. The SMILES string of the molecule is CCC1CN2CCCC2CN1C1CC(C)C1. The molecular formula is C14H26N2. The summed E-state index contributed by atoms with van der Waals surface area (Å²) in [6.45, 7) is 8.87. The highest BCUT2D eigenvalue weighted by molar-refractivity contribution is 4.97. The summed E-state index contributed by atoms with van der Waals surface area (Å²) in [5.41, 5.74) is 0. The van der Waals surface area contributed by atoms with Gasteiger partial charge in [-0.05, 0) is 44.6 Å². The summed E-state index contributed by atoms with van der Waals surface area (Å²) < 4.78 is 0. The molecule has 3 rings (SSSR count). The summed E-state index contributed by atoms with van der Waals surface area (Å²) in [4.78, 5) is 5.62. The van der Waals surface area contributed by atoms with E-state index >= 15 is 0 Å². The first-order chi connectivity index (χ1) is 7.78. The highest BCUT2D eigenvalue weighted by Gasteiger charge is 2.41. The number of rotatable bonds is 2. The summed E-state index contributed by atoms with van der Waals surface area (Å²) in [7, 11) is 0. The normalized spacial score (nSPS) is 45.4. The summed E-state index contributed by atoms with van der Waals surface area (Å²) >= 11 is 0. The fourth-order valence-electron chi connectivity index (χ4n) is 4.05. The van der Waals surface area contributed by atoms with E-state index in [1.54, 1.807) is 0 Å². The third kappa shape index (κ3) is 1.80. The first-order valence-electron chi connectivity index (χ1n) is 7.27. The molecule has 2 saturated heterocycles. The minimum atomic E-state index is 0.854. The Morgan fingerprint density at radius 1 is 1.12 bits per heavy atom. The Balaban J connectivity index is 1.66. The molecular weight excluding hydrogens is 196 g/mol. The van der Waals surface area contributed by atoms with Crippen LogP contribution in [0, 0.1) is 5.92 Å². The van der Waals surface area contributed by atoms with Gasteiger partial charge >= 0.3 is 0 Å². The molecule has 0 N–H and O–H groups in total. The molecule has 2 heterocycles. The largest absolute Gasteiger partial charge is 0.298 e. The third-order valence-corrected chi connectivity index (χ3v) is 5.12. The maximum absolute atomic E-state index is 2.87. The lowest BCUT2D eigenvalue weighted by molar-refractivity contribution is -0.0216. The van der Waals surface area contributed by atoms with Crippen molar-refractivity contribution < 1.29 is 0 Å². The Labute approximate surface area is 100.0 Å². The van der Waals surface area contributed by atoms with Crippen LogP contribution in [0.4, 0.5) is 0 Å². The molecule has 0 aromatic heterocycles. The zero-order valence-corrected chi connectivity index (χ0v) is 10.9. The molecule has 3 fully saturated rings. The van der Waals surface area contributed by atoms with Gasteiger partial charge in [0.15, 0.2) is 0 Å². The van der Waals surface area contributed by atoms with Gasteiger partial charge in [-0.3, -0.25) is 9.80 Å². The predicted molar refractivity (Wildman–Crippen MR) is 67.6 cm³/mol. The van der Waals surface area contributed by atoms with Crippen LogP contribution in [0.15, 0.2) is 0 Å². The molecule has 0 aromatic rings. The number of hydrogen-bond acceptors (Lipinski definition) is 2. The fraction of sp³-hybridized carbons (Fsp3) is 1.00. The molecule has 1 saturated carbocycles. The molecule has 92 valence electrons. The highest BCUT2D eigenvalue weighted by Crippen LogP contribution is 2.36. The molecule has 3 aliphatic rings. The van der Waals surface area contributed by atoms with Gasteiger partial charge in [0, 0.05) is 31.2 Å². The number of piperazine rings is 1. The van der Waals surface area contributed by atoms with E-state index in [4.69, 9.17) is 0 Å². The molecule has 2 atom stereocenters. The standard InChI is InChI=1S/C14H26N2/c1-3-12-9-15-6-4-5-13(15)10-16(12)14-7-11(2)8-14/h11-14H,3-10H2,1-2H3. The number of nitrogens with zero attached hydrogens (tertiary/aromatic N) is 2. The second-order valence-corrected chi connectivity index (χ2v) is 6.28.